The number of nitrogens with two attached hydrogens (primary N) is 1. The van der Waals surface area contributed by atoms with Gasteiger partial charge in [-0.15, -0.1) is 0 Å². The molecule has 0 aliphatic heterocycles. The van der Waals surface area contributed by atoms with E-state index in [-0.39, 0.29) is 6.04 Å². The van der Waals surface area contributed by atoms with Gasteiger partial charge in [-0.3, -0.25) is 5.10 Å². The molecule has 2 rings (SSSR count). The molecule has 0 fully saturated rings. The maximum atomic E-state index is 5.61. The lowest BCUT2D eigenvalue weighted by Crippen LogP contribution is -2.06. The summed E-state index contributed by atoms with van der Waals surface area (Å²) in [6.07, 6.45) is 1.65. The van der Waals surface area contributed by atoms with E-state index in [9.17, 15) is 0 Å². The van der Waals surface area contributed by atoms with E-state index >= 15 is 0 Å². The number of aromatic nitrogens is 4. The lowest BCUT2D eigenvalue weighted by Gasteiger charge is -1.92. The average Bonchev–Trinajstić information content (AvgIpc) is 2.71. The first-order valence-electron chi connectivity index (χ1n) is 4.28. The number of nitrogens with one attached hydrogen (secondary N) is 1. The number of hydrogen-bond acceptors (Lipinski definition) is 5. The van der Waals surface area contributed by atoms with E-state index in [0.717, 1.165) is 11.3 Å². The van der Waals surface area contributed by atoms with Gasteiger partial charge >= 0.3 is 0 Å². The highest BCUT2D eigenvalue weighted by Gasteiger charge is 2.14. The molecule has 2 heterocycles. The van der Waals surface area contributed by atoms with Crippen LogP contribution in [0.4, 0.5) is 0 Å². The van der Waals surface area contributed by atoms with Crippen LogP contribution in [0.2, 0.25) is 0 Å². The summed E-state index contributed by atoms with van der Waals surface area (Å²) in [6.45, 7) is 3.69. The summed E-state index contributed by atoms with van der Waals surface area (Å²) in [7, 11) is 0. The maximum absolute atomic E-state index is 5.61. The topological polar surface area (TPSA) is 93.6 Å². The Morgan fingerprint density at radius 1 is 1.57 bits per heavy atom. The quantitative estimate of drug-likeness (QED) is 0.735. The van der Waals surface area contributed by atoms with E-state index < -0.39 is 0 Å². The molecule has 74 valence electrons. The van der Waals surface area contributed by atoms with Crippen molar-refractivity contribution in [3.63, 3.8) is 0 Å². The van der Waals surface area contributed by atoms with Gasteiger partial charge in [-0.2, -0.15) is 10.1 Å². The van der Waals surface area contributed by atoms with E-state index in [1.165, 1.54) is 0 Å². The van der Waals surface area contributed by atoms with Gasteiger partial charge in [-0.05, 0) is 13.8 Å². The first-order chi connectivity index (χ1) is 6.68. The Balaban J connectivity index is 2.39. The van der Waals surface area contributed by atoms with Crippen LogP contribution in [-0.2, 0) is 0 Å². The smallest absolute Gasteiger partial charge is 0.261 e. The molecule has 0 saturated carbocycles. The van der Waals surface area contributed by atoms with Crippen LogP contribution in [0, 0.1) is 6.92 Å². The molecule has 6 heteroatoms. The van der Waals surface area contributed by atoms with Crippen LogP contribution in [-0.4, -0.2) is 20.3 Å². The molecule has 1 unspecified atom stereocenters. The number of H-pyrrole nitrogens is 1. The van der Waals surface area contributed by atoms with Crippen molar-refractivity contribution in [2.24, 2.45) is 5.73 Å². The van der Waals surface area contributed by atoms with Gasteiger partial charge in [-0.1, -0.05) is 5.16 Å². The third-order valence-corrected chi connectivity index (χ3v) is 1.91. The molecule has 0 amide bonds. The summed E-state index contributed by atoms with van der Waals surface area (Å²) in [6, 6.07) is -0.222. The summed E-state index contributed by atoms with van der Waals surface area (Å²) < 4.78 is 5.05. The first-order valence-corrected chi connectivity index (χ1v) is 4.28. The fraction of sp³-hybridized carbons (Fsp3) is 0.375. The highest BCUT2D eigenvalue weighted by Crippen LogP contribution is 2.20. The van der Waals surface area contributed by atoms with Crippen LogP contribution < -0.4 is 5.73 Å². The summed E-state index contributed by atoms with van der Waals surface area (Å²) >= 11 is 0. The Bertz CT molecular complexity index is 430. The zero-order chi connectivity index (χ0) is 10.1. The molecule has 0 aliphatic rings. The van der Waals surface area contributed by atoms with E-state index in [0.29, 0.717) is 11.7 Å². The minimum atomic E-state index is -0.222. The van der Waals surface area contributed by atoms with Crippen molar-refractivity contribution in [1.29, 1.82) is 0 Å². The minimum absolute atomic E-state index is 0.222. The van der Waals surface area contributed by atoms with Gasteiger partial charge in [-0.25, -0.2) is 0 Å². The van der Waals surface area contributed by atoms with Crippen molar-refractivity contribution in [3.05, 3.63) is 17.7 Å². The van der Waals surface area contributed by atoms with Crippen LogP contribution in [0.15, 0.2) is 10.7 Å². The minimum Gasteiger partial charge on any atom is -0.334 e. The van der Waals surface area contributed by atoms with Crippen LogP contribution in [0.3, 0.4) is 0 Å². The SMILES string of the molecule is Cc1[nH]ncc1-c1nc(C(C)N)no1. The van der Waals surface area contributed by atoms with E-state index in [1.807, 2.05) is 6.92 Å². The molecule has 0 aliphatic carbocycles. The Hall–Kier alpha value is -1.69. The second-order valence-corrected chi connectivity index (χ2v) is 3.16. The van der Waals surface area contributed by atoms with E-state index in [2.05, 4.69) is 20.3 Å². The number of aromatic amines is 1. The zero-order valence-corrected chi connectivity index (χ0v) is 7.98. The molecular weight excluding hydrogens is 182 g/mol. The lowest BCUT2D eigenvalue weighted by atomic mass is 10.2. The van der Waals surface area contributed by atoms with Gasteiger partial charge in [0.15, 0.2) is 5.82 Å². The van der Waals surface area contributed by atoms with E-state index in [4.69, 9.17) is 10.3 Å². The number of aryl methyl sites for hydroxylation is 1. The fourth-order valence-corrected chi connectivity index (χ4v) is 1.10. The third-order valence-electron chi connectivity index (χ3n) is 1.91. The predicted octanol–water partition coefficient (Wildman–Crippen LogP) is 0.788. The van der Waals surface area contributed by atoms with E-state index in [1.54, 1.807) is 13.1 Å². The molecule has 0 spiro atoms. The monoisotopic (exact) mass is 193 g/mol. The van der Waals surface area contributed by atoms with Crippen molar-refractivity contribution in [2.45, 2.75) is 19.9 Å². The van der Waals surface area contributed by atoms with Crippen molar-refractivity contribution in [2.75, 3.05) is 0 Å². The van der Waals surface area contributed by atoms with Crippen molar-refractivity contribution >= 4 is 0 Å². The van der Waals surface area contributed by atoms with Crippen LogP contribution in [0.1, 0.15) is 24.5 Å². The third kappa shape index (κ3) is 1.39. The van der Waals surface area contributed by atoms with Gasteiger partial charge in [0.05, 0.1) is 17.8 Å². The molecule has 2 aromatic heterocycles. The largest absolute Gasteiger partial charge is 0.334 e. The Kier molecular flexibility index (Phi) is 2.05. The van der Waals surface area contributed by atoms with Crippen molar-refractivity contribution in [1.82, 2.24) is 20.3 Å². The summed E-state index contributed by atoms with van der Waals surface area (Å²) in [5.74, 6) is 0.948. The predicted molar refractivity (Wildman–Crippen MR) is 49.2 cm³/mol. The molecule has 14 heavy (non-hydrogen) atoms. The molecule has 6 nitrogen and oxygen atoms in total. The van der Waals surface area contributed by atoms with Gasteiger partial charge in [0.25, 0.3) is 5.89 Å². The normalized spacial score (nSPS) is 13.1. The molecule has 1 atom stereocenters. The zero-order valence-electron chi connectivity index (χ0n) is 7.98. The number of nitrogens with zero attached hydrogens (tertiary/aromatic N) is 3. The van der Waals surface area contributed by atoms with Gasteiger partial charge in [0.2, 0.25) is 0 Å². The average molecular weight is 193 g/mol. The molecule has 0 bridgehead atoms. The Morgan fingerprint density at radius 2 is 2.36 bits per heavy atom. The van der Waals surface area contributed by atoms with Gasteiger partial charge in [0, 0.05) is 5.69 Å². The lowest BCUT2D eigenvalue weighted by molar-refractivity contribution is 0.418. The summed E-state index contributed by atoms with van der Waals surface area (Å²) in [4.78, 5) is 4.15. The number of hydrogen-bond donors (Lipinski definition) is 2. The molecule has 2 aromatic rings. The van der Waals surface area contributed by atoms with Crippen LogP contribution in [0.5, 0.6) is 0 Å². The standard InChI is InChI=1S/C8H11N5O/c1-4(9)7-11-8(14-13-7)6-3-10-12-5(6)2/h3-4H,9H2,1-2H3,(H,10,12). The number of rotatable bonds is 2. The molecule has 0 aromatic carbocycles. The Morgan fingerprint density at radius 3 is 2.86 bits per heavy atom. The molecular formula is C8H11N5O. The molecule has 0 saturated heterocycles. The van der Waals surface area contributed by atoms with Crippen molar-refractivity contribution < 1.29 is 4.52 Å². The maximum Gasteiger partial charge on any atom is 0.261 e. The highest BCUT2D eigenvalue weighted by atomic mass is 16.5. The highest BCUT2D eigenvalue weighted by molar-refractivity contribution is 5.54. The molecule has 0 radical (unpaired) electrons. The van der Waals surface area contributed by atoms with Gasteiger partial charge in [0.1, 0.15) is 0 Å². The second kappa shape index (κ2) is 3.22. The summed E-state index contributed by atoms with van der Waals surface area (Å²) in [5.41, 5.74) is 7.31. The van der Waals surface area contributed by atoms with Crippen molar-refractivity contribution in [3.8, 4) is 11.5 Å². The Labute approximate surface area is 80.5 Å². The van der Waals surface area contributed by atoms with Crippen LogP contribution in [0.25, 0.3) is 11.5 Å². The summed E-state index contributed by atoms with van der Waals surface area (Å²) in [5, 5.41) is 10.4. The second-order valence-electron chi connectivity index (χ2n) is 3.16. The van der Waals surface area contributed by atoms with Crippen LogP contribution >= 0.6 is 0 Å². The van der Waals surface area contributed by atoms with Gasteiger partial charge < -0.3 is 10.3 Å². The molecule has 3 N–H and O–H groups in total. The first kappa shape index (κ1) is 8.89. The fourth-order valence-electron chi connectivity index (χ4n) is 1.10.